The van der Waals surface area contributed by atoms with Crippen LogP contribution in [0.1, 0.15) is 29.2 Å². The first-order valence-electron chi connectivity index (χ1n) is 7.26. The standard InChI is InChI=1S/C18H20BrNO/c1-12-5-3-4-6-16(12)18(2,20)11-14-10-15(19)9-13-7-8-21-17(13)14/h3-6,9-10H,7-8,11,20H2,1-2H3. The number of hydrogen-bond acceptors (Lipinski definition) is 2. The SMILES string of the molecule is Cc1ccccc1C(C)(N)Cc1cc(Br)cc2c1OCC2. The molecule has 1 heterocycles. The zero-order chi connectivity index (χ0) is 15.0. The van der Waals surface area contributed by atoms with E-state index in [0.29, 0.717) is 0 Å². The van der Waals surface area contributed by atoms with E-state index in [1.807, 2.05) is 0 Å². The maximum absolute atomic E-state index is 6.64. The van der Waals surface area contributed by atoms with E-state index >= 15 is 0 Å². The Balaban J connectivity index is 1.99. The maximum atomic E-state index is 6.64. The number of fused-ring (bicyclic) bond motifs is 1. The first-order chi connectivity index (χ1) is 9.97. The van der Waals surface area contributed by atoms with Gasteiger partial charge in [0.1, 0.15) is 5.75 Å². The topological polar surface area (TPSA) is 35.2 Å². The van der Waals surface area contributed by atoms with Crippen LogP contribution in [0.15, 0.2) is 40.9 Å². The summed E-state index contributed by atoms with van der Waals surface area (Å²) in [5.74, 6) is 1.03. The van der Waals surface area contributed by atoms with Gasteiger partial charge in [0.2, 0.25) is 0 Å². The molecule has 0 fully saturated rings. The van der Waals surface area contributed by atoms with E-state index in [0.717, 1.165) is 29.7 Å². The molecule has 0 saturated heterocycles. The molecule has 0 amide bonds. The number of aryl methyl sites for hydroxylation is 1. The second-order valence-electron chi connectivity index (χ2n) is 6.06. The molecule has 3 heteroatoms. The molecule has 2 aromatic rings. The second kappa shape index (κ2) is 5.47. The highest BCUT2D eigenvalue weighted by molar-refractivity contribution is 9.10. The fourth-order valence-electron chi connectivity index (χ4n) is 3.18. The summed E-state index contributed by atoms with van der Waals surface area (Å²) in [5, 5.41) is 0. The van der Waals surface area contributed by atoms with E-state index in [-0.39, 0.29) is 0 Å². The summed E-state index contributed by atoms with van der Waals surface area (Å²) in [6, 6.07) is 12.6. The number of nitrogens with two attached hydrogens (primary N) is 1. The Morgan fingerprint density at radius 3 is 2.81 bits per heavy atom. The fraction of sp³-hybridized carbons (Fsp3) is 0.333. The Labute approximate surface area is 134 Å². The van der Waals surface area contributed by atoms with Crippen LogP contribution in [-0.4, -0.2) is 6.61 Å². The van der Waals surface area contributed by atoms with E-state index < -0.39 is 5.54 Å². The minimum Gasteiger partial charge on any atom is -0.493 e. The molecule has 0 radical (unpaired) electrons. The van der Waals surface area contributed by atoms with Crippen LogP contribution in [0.4, 0.5) is 0 Å². The van der Waals surface area contributed by atoms with Crippen LogP contribution in [0.3, 0.4) is 0 Å². The lowest BCUT2D eigenvalue weighted by molar-refractivity contribution is 0.349. The fourth-order valence-corrected chi connectivity index (χ4v) is 3.73. The van der Waals surface area contributed by atoms with Gasteiger partial charge in [0.05, 0.1) is 6.61 Å². The molecule has 0 aliphatic carbocycles. The third-order valence-corrected chi connectivity index (χ3v) is 4.60. The monoisotopic (exact) mass is 345 g/mol. The average Bonchev–Trinajstić information content (AvgIpc) is 2.86. The third kappa shape index (κ3) is 2.85. The number of hydrogen-bond donors (Lipinski definition) is 1. The molecule has 2 nitrogen and oxygen atoms in total. The van der Waals surface area contributed by atoms with Crippen molar-refractivity contribution in [2.24, 2.45) is 5.73 Å². The molecular weight excluding hydrogens is 326 g/mol. The van der Waals surface area contributed by atoms with E-state index in [4.69, 9.17) is 10.5 Å². The van der Waals surface area contributed by atoms with E-state index in [9.17, 15) is 0 Å². The molecule has 110 valence electrons. The van der Waals surface area contributed by atoms with Crippen LogP contribution in [0, 0.1) is 6.92 Å². The van der Waals surface area contributed by atoms with Gasteiger partial charge >= 0.3 is 0 Å². The van der Waals surface area contributed by atoms with Gasteiger partial charge < -0.3 is 10.5 Å². The first-order valence-corrected chi connectivity index (χ1v) is 8.06. The molecule has 1 unspecified atom stereocenters. The van der Waals surface area contributed by atoms with Gasteiger partial charge in [-0.05, 0) is 54.7 Å². The summed E-state index contributed by atoms with van der Waals surface area (Å²) >= 11 is 3.60. The lowest BCUT2D eigenvalue weighted by Gasteiger charge is -2.28. The molecule has 0 aromatic heterocycles. The Morgan fingerprint density at radius 1 is 1.29 bits per heavy atom. The van der Waals surface area contributed by atoms with Gasteiger partial charge in [-0.25, -0.2) is 0 Å². The first kappa shape index (κ1) is 14.6. The van der Waals surface area contributed by atoms with Crippen LogP contribution in [0.5, 0.6) is 5.75 Å². The molecule has 0 spiro atoms. The number of rotatable bonds is 3. The van der Waals surface area contributed by atoms with E-state index in [1.54, 1.807) is 0 Å². The predicted octanol–water partition coefficient (Wildman–Crippen LogP) is 4.11. The van der Waals surface area contributed by atoms with Gasteiger partial charge in [0.25, 0.3) is 0 Å². The van der Waals surface area contributed by atoms with Crippen molar-refractivity contribution in [1.82, 2.24) is 0 Å². The summed E-state index contributed by atoms with van der Waals surface area (Å²) in [6.45, 7) is 4.98. The van der Waals surface area contributed by atoms with Gasteiger partial charge in [0, 0.05) is 16.4 Å². The number of halogens is 1. The molecule has 0 saturated carbocycles. The molecule has 0 bridgehead atoms. The summed E-state index contributed by atoms with van der Waals surface area (Å²) in [7, 11) is 0. The van der Waals surface area contributed by atoms with Crippen molar-refractivity contribution >= 4 is 15.9 Å². The Hall–Kier alpha value is -1.32. The molecule has 1 aliphatic rings. The number of benzene rings is 2. The van der Waals surface area contributed by atoms with Crippen molar-refractivity contribution in [3.63, 3.8) is 0 Å². The Bertz CT molecular complexity index is 679. The van der Waals surface area contributed by atoms with E-state index in [2.05, 4.69) is 66.2 Å². The average molecular weight is 346 g/mol. The quantitative estimate of drug-likeness (QED) is 0.908. The van der Waals surface area contributed by atoms with Crippen molar-refractivity contribution in [1.29, 1.82) is 0 Å². The highest BCUT2D eigenvalue weighted by atomic mass is 79.9. The zero-order valence-electron chi connectivity index (χ0n) is 12.4. The minimum atomic E-state index is -0.411. The Kier molecular flexibility index (Phi) is 3.80. The van der Waals surface area contributed by atoms with Crippen molar-refractivity contribution in [2.75, 3.05) is 6.61 Å². The van der Waals surface area contributed by atoms with Crippen LogP contribution >= 0.6 is 15.9 Å². The lowest BCUT2D eigenvalue weighted by Crippen LogP contribution is -2.36. The van der Waals surface area contributed by atoms with Crippen LogP contribution < -0.4 is 10.5 Å². The van der Waals surface area contributed by atoms with Crippen molar-refractivity contribution in [2.45, 2.75) is 32.2 Å². The lowest BCUT2D eigenvalue weighted by atomic mass is 9.83. The maximum Gasteiger partial charge on any atom is 0.125 e. The minimum absolute atomic E-state index is 0.411. The summed E-state index contributed by atoms with van der Waals surface area (Å²) in [5.41, 5.74) is 11.1. The van der Waals surface area contributed by atoms with Crippen LogP contribution in [0.25, 0.3) is 0 Å². The van der Waals surface area contributed by atoms with Gasteiger partial charge in [-0.2, -0.15) is 0 Å². The smallest absolute Gasteiger partial charge is 0.125 e. The van der Waals surface area contributed by atoms with Crippen molar-refractivity contribution in [3.8, 4) is 5.75 Å². The second-order valence-corrected chi connectivity index (χ2v) is 6.98. The van der Waals surface area contributed by atoms with E-state index in [1.165, 1.54) is 22.3 Å². The molecule has 1 atom stereocenters. The summed E-state index contributed by atoms with van der Waals surface area (Å²) in [6.07, 6.45) is 1.74. The normalized spacial score (nSPS) is 16.2. The highest BCUT2D eigenvalue weighted by Gasteiger charge is 2.27. The predicted molar refractivity (Wildman–Crippen MR) is 89.8 cm³/mol. The largest absolute Gasteiger partial charge is 0.493 e. The zero-order valence-corrected chi connectivity index (χ0v) is 14.0. The van der Waals surface area contributed by atoms with Gasteiger partial charge in [-0.15, -0.1) is 0 Å². The van der Waals surface area contributed by atoms with Crippen LogP contribution in [-0.2, 0) is 18.4 Å². The van der Waals surface area contributed by atoms with Gasteiger partial charge in [-0.1, -0.05) is 40.2 Å². The summed E-state index contributed by atoms with van der Waals surface area (Å²) in [4.78, 5) is 0. The molecule has 2 aromatic carbocycles. The summed E-state index contributed by atoms with van der Waals surface area (Å²) < 4.78 is 6.92. The highest BCUT2D eigenvalue weighted by Crippen LogP contribution is 2.36. The number of ether oxygens (including phenoxy) is 1. The molecule has 21 heavy (non-hydrogen) atoms. The van der Waals surface area contributed by atoms with Gasteiger partial charge in [0.15, 0.2) is 0 Å². The molecule has 1 aliphatic heterocycles. The molecule has 3 rings (SSSR count). The molecule has 2 N–H and O–H groups in total. The molecular formula is C18H20BrNO. The van der Waals surface area contributed by atoms with Crippen molar-refractivity contribution < 1.29 is 4.74 Å². The third-order valence-electron chi connectivity index (χ3n) is 4.14. The Morgan fingerprint density at radius 2 is 2.05 bits per heavy atom. The van der Waals surface area contributed by atoms with Crippen molar-refractivity contribution in [3.05, 3.63) is 63.1 Å². The van der Waals surface area contributed by atoms with Gasteiger partial charge in [-0.3, -0.25) is 0 Å². The van der Waals surface area contributed by atoms with Crippen LogP contribution in [0.2, 0.25) is 0 Å².